The van der Waals surface area contributed by atoms with Gasteiger partial charge in [0, 0.05) is 12.1 Å². The minimum atomic E-state index is -0.282. The molecule has 28 heavy (non-hydrogen) atoms. The molecule has 0 atom stereocenters. The molecule has 0 spiro atoms. The molecule has 0 unspecified atom stereocenters. The van der Waals surface area contributed by atoms with Crippen molar-refractivity contribution in [2.75, 3.05) is 13.7 Å². The number of nitrogens with one attached hydrogen (secondary N) is 1. The molecule has 3 rings (SSSR count). The van der Waals surface area contributed by atoms with Crippen LogP contribution >= 0.6 is 0 Å². The number of hydrogen-bond donors (Lipinski definition) is 1. The Kier molecular flexibility index (Phi) is 6.63. The molecule has 5 heteroatoms. The first-order chi connectivity index (χ1) is 13.7. The molecule has 0 aliphatic rings. The maximum Gasteiger partial charge on any atom is 0.251 e. The van der Waals surface area contributed by atoms with Gasteiger partial charge in [-0.15, -0.1) is 0 Å². The Balaban J connectivity index is 1.54. The monoisotopic (exact) mass is 379 g/mol. The molecule has 0 aromatic heterocycles. The van der Waals surface area contributed by atoms with Gasteiger partial charge in [-0.05, 0) is 53.9 Å². The number of hydrogen-bond acceptors (Lipinski definition) is 3. The fourth-order valence-electron chi connectivity index (χ4n) is 2.80. The fraction of sp³-hybridized carbons (Fsp3) is 0.174. The lowest BCUT2D eigenvalue weighted by Gasteiger charge is -2.10. The predicted molar refractivity (Wildman–Crippen MR) is 106 cm³/mol. The third kappa shape index (κ3) is 5.33. The highest BCUT2D eigenvalue weighted by molar-refractivity contribution is 5.94. The van der Waals surface area contributed by atoms with Gasteiger partial charge in [0.2, 0.25) is 0 Å². The fourth-order valence-corrected chi connectivity index (χ4v) is 2.80. The van der Waals surface area contributed by atoms with Gasteiger partial charge in [-0.1, -0.05) is 36.4 Å². The van der Waals surface area contributed by atoms with Gasteiger partial charge in [0.1, 0.15) is 23.9 Å². The summed E-state index contributed by atoms with van der Waals surface area (Å²) < 4.78 is 24.0. The Bertz CT molecular complexity index is 925. The lowest BCUT2D eigenvalue weighted by atomic mass is 10.1. The van der Waals surface area contributed by atoms with Crippen molar-refractivity contribution < 1.29 is 18.7 Å². The summed E-state index contributed by atoms with van der Waals surface area (Å²) in [5, 5.41) is 2.91. The van der Waals surface area contributed by atoms with Gasteiger partial charge in [0.15, 0.2) is 0 Å². The number of carbonyl (C=O) groups excluding carboxylic acids is 1. The van der Waals surface area contributed by atoms with Crippen LogP contribution in [-0.2, 0) is 13.0 Å². The van der Waals surface area contributed by atoms with E-state index < -0.39 is 0 Å². The van der Waals surface area contributed by atoms with Crippen LogP contribution in [0.2, 0.25) is 0 Å². The van der Waals surface area contributed by atoms with Crippen molar-refractivity contribution in [1.82, 2.24) is 5.32 Å². The van der Waals surface area contributed by atoms with Crippen molar-refractivity contribution in [2.24, 2.45) is 0 Å². The largest absolute Gasteiger partial charge is 0.496 e. The number of ether oxygens (including phenoxy) is 2. The smallest absolute Gasteiger partial charge is 0.251 e. The number of para-hydroxylation sites is 1. The summed E-state index contributed by atoms with van der Waals surface area (Å²) in [5.74, 6) is 0.951. The average molecular weight is 379 g/mol. The molecule has 144 valence electrons. The predicted octanol–water partition coefficient (Wildman–Crippen LogP) is 4.39. The Labute approximate surface area is 163 Å². The lowest BCUT2D eigenvalue weighted by Crippen LogP contribution is -2.25. The van der Waals surface area contributed by atoms with Crippen LogP contribution in [0.3, 0.4) is 0 Å². The Morgan fingerprint density at radius 3 is 2.57 bits per heavy atom. The van der Waals surface area contributed by atoms with E-state index in [1.807, 2.05) is 24.3 Å². The summed E-state index contributed by atoms with van der Waals surface area (Å²) in [6.45, 7) is 0.805. The van der Waals surface area contributed by atoms with Crippen molar-refractivity contribution in [3.63, 3.8) is 0 Å². The number of halogens is 1. The minimum Gasteiger partial charge on any atom is -0.496 e. The molecule has 3 aromatic rings. The van der Waals surface area contributed by atoms with Gasteiger partial charge >= 0.3 is 0 Å². The highest BCUT2D eigenvalue weighted by atomic mass is 19.1. The molecule has 0 radical (unpaired) electrons. The van der Waals surface area contributed by atoms with E-state index in [4.69, 9.17) is 9.47 Å². The molecule has 0 saturated carbocycles. The van der Waals surface area contributed by atoms with E-state index in [9.17, 15) is 9.18 Å². The lowest BCUT2D eigenvalue weighted by molar-refractivity contribution is 0.0953. The van der Waals surface area contributed by atoms with Crippen molar-refractivity contribution in [1.29, 1.82) is 0 Å². The molecule has 0 aliphatic heterocycles. The van der Waals surface area contributed by atoms with Crippen LogP contribution in [0.25, 0.3) is 0 Å². The zero-order chi connectivity index (χ0) is 19.8. The second-order valence-electron chi connectivity index (χ2n) is 6.26. The summed E-state index contributed by atoms with van der Waals surface area (Å²) >= 11 is 0. The van der Waals surface area contributed by atoms with Crippen LogP contribution in [-0.4, -0.2) is 19.6 Å². The quantitative estimate of drug-likeness (QED) is 0.632. The van der Waals surface area contributed by atoms with Crippen LogP contribution in [0.15, 0.2) is 72.8 Å². The molecule has 0 fully saturated rings. The van der Waals surface area contributed by atoms with Gasteiger partial charge in [0.25, 0.3) is 5.91 Å². The molecule has 4 nitrogen and oxygen atoms in total. The maximum absolute atomic E-state index is 13.0. The van der Waals surface area contributed by atoms with Crippen molar-refractivity contribution in [3.05, 3.63) is 95.3 Å². The molecule has 0 saturated heterocycles. The van der Waals surface area contributed by atoms with Gasteiger partial charge in [-0.3, -0.25) is 4.79 Å². The van der Waals surface area contributed by atoms with Gasteiger partial charge in [-0.2, -0.15) is 0 Å². The Morgan fingerprint density at radius 1 is 1.00 bits per heavy atom. The van der Waals surface area contributed by atoms with Crippen LogP contribution in [0.1, 0.15) is 21.5 Å². The van der Waals surface area contributed by atoms with Gasteiger partial charge in [0.05, 0.1) is 7.11 Å². The average Bonchev–Trinajstić information content (AvgIpc) is 2.74. The van der Waals surface area contributed by atoms with E-state index in [-0.39, 0.29) is 11.7 Å². The normalized spacial score (nSPS) is 10.4. The first kappa shape index (κ1) is 19.4. The zero-order valence-corrected chi connectivity index (χ0v) is 15.7. The summed E-state index contributed by atoms with van der Waals surface area (Å²) in [4.78, 5) is 12.4. The molecule has 1 amide bonds. The van der Waals surface area contributed by atoms with Crippen molar-refractivity contribution in [2.45, 2.75) is 13.0 Å². The standard InChI is InChI=1S/C23H22FNO3/c1-27-22-8-3-2-5-18(22)13-14-25-23(26)19-6-4-7-21(15-19)28-16-17-9-11-20(24)12-10-17/h2-12,15H,13-14,16H2,1H3,(H,25,26). The van der Waals surface area contributed by atoms with Crippen molar-refractivity contribution in [3.8, 4) is 11.5 Å². The number of carbonyl (C=O) groups is 1. The van der Waals surface area contributed by atoms with Gasteiger partial charge < -0.3 is 14.8 Å². The summed E-state index contributed by atoms with van der Waals surface area (Å²) in [5.41, 5.74) is 2.42. The second kappa shape index (κ2) is 9.55. The number of amides is 1. The maximum atomic E-state index is 13.0. The topological polar surface area (TPSA) is 47.6 Å². The van der Waals surface area contributed by atoms with E-state index in [1.54, 1.807) is 43.5 Å². The SMILES string of the molecule is COc1ccccc1CCNC(=O)c1cccc(OCc2ccc(F)cc2)c1. The molecular weight excluding hydrogens is 357 g/mol. The number of methoxy groups -OCH3 is 1. The summed E-state index contributed by atoms with van der Waals surface area (Å²) in [6, 6.07) is 20.9. The Hall–Kier alpha value is -3.34. The van der Waals surface area contributed by atoms with Crippen molar-refractivity contribution >= 4 is 5.91 Å². The third-order valence-electron chi connectivity index (χ3n) is 4.29. The minimum absolute atomic E-state index is 0.165. The van der Waals surface area contributed by atoms with E-state index in [0.717, 1.165) is 16.9 Å². The second-order valence-corrected chi connectivity index (χ2v) is 6.26. The van der Waals surface area contributed by atoms with Crippen LogP contribution in [0.5, 0.6) is 11.5 Å². The van der Waals surface area contributed by atoms with E-state index in [2.05, 4.69) is 5.32 Å². The molecule has 1 N–H and O–H groups in total. The van der Waals surface area contributed by atoms with Crippen LogP contribution < -0.4 is 14.8 Å². The molecule has 0 bridgehead atoms. The molecular formula is C23H22FNO3. The van der Waals surface area contributed by atoms with Crippen LogP contribution in [0, 0.1) is 5.82 Å². The number of rotatable bonds is 8. The highest BCUT2D eigenvalue weighted by Gasteiger charge is 2.08. The third-order valence-corrected chi connectivity index (χ3v) is 4.29. The Morgan fingerprint density at radius 2 is 1.79 bits per heavy atom. The van der Waals surface area contributed by atoms with E-state index in [1.165, 1.54) is 12.1 Å². The van der Waals surface area contributed by atoms with Gasteiger partial charge in [-0.25, -0.2) is 4.39 Å². The summed E-state index contributed by atoms with van der Waals surface area (Å²) in [7, 11) is 1.63. The summed E-state index contributed by atoms with van der Waals surface area (Å²) in [6.07, 6.45) is 0.677. The first-order valence-corrected chi connectivity index (χ1v) is 9.03. The highest BCUT2D eigenvalue weighted by Crippen LogP contribution is 2.18. The first-order valence-electron chi connectivity index (χ1n) is 9.03. The molecule has 0 heterocycles. The molecule has 3 aromatic carbocycles. The van der Waals surface area contributed by atoms with Crippen LogP contribution in [0.4, 0.5) is 4.39 Å². The van der Waals surface area contributed by atoms with E-state index in [0.29, 0.717) is 30.9 Å². The molecule has 0 aliphatic carbocycles. The van der Waals surface area contributed by atoms with E-state index >= 15 is 0 Å². The number of benzene rings is 3. The zero-order valence-electron chi connectivity index (χ0n) is 15.7.